The normalized spacial score (nSPS) is 48.3. The molecule has 0 aromatic heterocycles. The zero-order chi connectivity index (χ0) is 18.1. The Kier molecular flexibility index (Phi) is 3.75. The van der Waals surface area contributed by atoms with Gasteiger partial charge in [0.2, 0.25) is 0 Å². The Labute approximate surface area is 164 Å². The van der Waals surface area contributed by atoms with Crippen molar-refractivity contribution in [3.8, 4) is 0 Å². The van der Waals surface area contributed by atoms with Crippen LogP contribution in [0.15, 0.2) is 35.6 Å². The summed E-state index contributed by atoms with van der Waals surface area (Å²) in [6.07, 6.45) is 22.3. The zero-order valence-electron chi connectivity index (χ0n) is 17.0. The first-order chi connectivity index (χ1) is 13.2. The number of hydrogen-bond acceptors (Lipinski definition) is 2. The van der Waals surface area contributed by atoms with Gasteiger partial charge < -0.3 is 9.64 Å². The number of nitrogens with zero attached hydrogens (tertiary/aromatic N) is 1. The Morgan fingerprint density at radius 3 is 2.78 bits per heavy atom. The van der Waals surface area contributed by atoms with Gasteiger partial charge in [-0.3, -0.25) is 0 Å². The van der Waals surface area contributed by atoms with E-state index in [-0.39, 0.29) is 5.60 Å². The third-order valence-electron chi connectivity index (χ3n) is 9.63. The van der Waals surface area contributed by atoms with Crippen molar-refractivity contribution < 1.29 is 4.74 Å². The highest BCUT2D eigenvalue weighted by Gasteiger charge is 2.62. The van der Waals surface area contributed by atoms with E-state index in [1.807, 2.05) is 0 Å². The summed E-state index contributed by atoms with van der Waals surface area (Å²) in [6, 6.07) is 0. The molecule has 3 fully saturated rings. The molecule has 0 radical (unpaired) electrons. The van der Waals surface area contributed by atoms with Gasteiger partial charge in [0.15, 0.2) is 0 Å². The molecule has 2 saturated carbocycles. The first kappa shape index (κ1) is 16.9. The fourth-order valence-electron chi connectivity index (χ4n) is 8.22. The summed E-state index contributed by atoms with van der Waals surface area (Å²) in [5.41, 5.74) is 3.80. The van der Waals surface area contributed by atoms with Gasteiger partial charge in [0, 0.05) is 24.2 Å². The molecule has 27 heavy (non-hydrogen) atoms. The highest BCUT2D eigenvalue weighted by atomic mass is 16.5. The Morgan fingerprint density at radius 1 is 1.07 bits per heavy atom. The lowest BCUT2D eigenvalue weighted by Gasteiger charge is -2.55. The molecule has 6 aliphatic rings. The van der Waals surface area contributed by atoms with Crippen LogP contribution in [0.25, 0.3) is 0 Å². The van der Waals surface area contributed by atoms with Crippen molar-refractivity contribution in [2.24, 2.45) is 29.1 Å². The van der Waals surface area contributed by atoms with E-state index in [9.17, 15) is 0 Å². The molecule has 6 atom stereocenters. The largest absolute Gasteiger partial charge is 0.375 e. The highest BCUT2D eigenvalue weighted by Crippen LogP contribution is 2.66. The maximum absolute atomic E-state index is 6.39. The molecule has 0 aromatic carbocycles. The van der Waals surface area contributed by atoms with Crippen molar-refractivity contribution in [3.05, 3.63) is 35.6 Å². The third-order valence-corrected chi connectivity index (χ3v) is 9.63. The quantitative estimate of drug-likeness (QED) is 0.571. The smallest absolute Gasteiger partial charge is 0.0923 e. The van der Waals surface area contributed by atoms with Gasteiger partial charge in [-0.15, -0.1) is 0 Å². The van der Waals surface area contributed by atoms with Gasteiger partial charge in [0.1, 0.15) is 0 Å². The first-order valence-electron chi connectivity index (χ1n) is 11.7. The maximum Gasteiger partial charge on any atom is 0.0923 e. The van der Waals surface area contributed by atoms with Crippen molar-refractivity contribution in [3.63, 3.8) is 0 Å². The Balaban J connectivity index is 1.28. The van der Waals surface area contributed by atoms with Crippen LogP contribution in [0, 0.1) is 29.1 Å². The van der Waals surface area contributed by atoms with Gasteiger partial charge in [-0.25, -0.2) is 0 Å². The number of allylic oxidation sites excluding steroid dienone is 4. The summed E-state index contributed by atoms with van der Waals surface area (Å²) >= 11 is 0. The van der Waals surface area contributed by atoms with Crippen molar-refractivity contribution in [2.75, 3.05) is 19.7 Å². The van der Waals surface area contributed by atoms with E-state index >= 15 is 0 Å². The summed E-state index contributed by atoms with van der Waals surface area (Å²) < 4.78 is 6.39. The van der Waals surface area contributed by atoms with Crippen molar-refractivity contribution >= 4 is 0 Å². The standard InChI is InChI=1S/C25H35NO/c1-24-12-9-21-20-8-6-19(26-14-2-3-15-26)17-18(20)5-7-22(21)23(24)10-13-25(24)11-4-16-27-25/h4-5,11,17,20-23H,2-3,6-10,12-16H2,1H3/t20-,21?,22?,23?,24-,25-/m0/s1. The molecule has 1 saturated heterocycles. The number of hydrogen-bond donors (Lipinski definition) is 0. The number of fused-ring (bicyclic) bond motifs is 6. The average Bonchev–Trinajstić information content (AvgIpc) is 3.43. The molecule has 3 unspecified atom stereocenters. The molecule has 0 bridgehead atoms. The molecule has 0 N–H and O–H groups in total. The molecule has 1 spiro atoms. The van der Waals surface area contributed by atoms with Crippen LogP contribution in [0.5, 0.6) is 0 Å². The van der Waals surface area contributed by atoms with E-state index in [4.69, 9.17) is 4.74 Å². The maximum atomic E-state index is 6.39. The zero-order valence-corrected chi connectivity index (χ0v) is 17.0. The Bertz CT molecular complexity index is 714. The minimum absolute atomic E-state index is 0.0714. The summed E-state index contributed by atoms with van der Waals surface area (Å²) in [5, 5.41) is 0. The third kappa shape index (κ3) is 2.29. The average molecular weight is 366 g/mol. The lowest BCUT2D eigenvalue weighted by molar-refractivity contribution is -0.107. The second-order valence-electron chi connectivity index (χ2n) is 10.4. The number of ether oxygens (including phenoxy) is 1. The predicted octanol–water partition coefficient (Wildman–Crippen LogP) is 5.47. The molecule has 0 aromatic rings. The van der Waals surface area contributed by atoms with Crippen molar-refractivity contribution in [1.82, 2.24) is 4.90 Å². The fourth-order valence-corrected chi connectivity index (χ4v) is 8.22. The lowest BCUT2D eigenvalue weighted by atomic mass is 9.51. The van der Waals surface area contributed by atoms with Gasteiger partial charge in [0.25, 0.3) is 0 Å². The van der Waals surface area contributed by atoms with Gasteiger partial charge in [0.05, 0.1) is 12.2 Å². The van der Waals surface area contributed by atoms with Crippen LogP contribution < -0.4 is 0 Å². The van der Waals surface area contributed by atoms with E-state index < -0.39 is 0 Å². The molecule has 4 aliphatic carbocycles. The van der Waals surface area contributed by atoms with E-state index in [1.54, 1.807) is 11.3 Å². The fraction of sp³-hybridized carbons (Fsp3) is 0.760. The molecular weight excluding hydrogens is 330 g/mol. The van der Waals surface area contributed by atoms with Crippen LogP contribution in [-0.2, 0) is 4.74 Å². The van der Waals surface area contributed by atoms with Crippen LogP contribution >= 0.6 is 0 Å². The van der Waals surface area contributed by atoms with Crippen LogP contribution in [0.3, 0.4) is 0 Å². The summed E-state index contributed by atoms with van der Waals surface area (Å²) in [4.78, 5) is 2.67. The lowest BCUT2D eigenvalue weighted by Crippen LogP contribution is -2.51. The summed E-state index contributed by atoms with van der Waals surface area (Å²) in [7, 11) is 0. The van der Waals surface area contributed by atoms with Gasteiger partial charge in [-0.05, 0) is 93.1 Å². The van der Waals surface area contributed by atoms with E-state index in [2.05, 4.69) is 36.1 Å². The van der Waals surface area contributed by atoms with Crippen LogP contribution in [-0.4, -0.2) is 30.2 Å². The summed E-state index contributed by atoms with van der Waals surface area (Å²) in [5.74, 6) is 3.54. The molecule has 2 heteroatoms. The molecule has 2 nitrogen and oxygen atoms in total. The number of likely N-dealkylation sites (tertiary alicyclic amines) is 1. The topological polar surface area (TPSA) is 12.5 Å². The molecule has 2 heterocycles. The monoisotopic (exact) mass is 365 g/mol. The first-order valence-corrected chi connectivity index (χ1v) is 11.7. The Morgan fingerprint density at radius 2 is 1.96 bits per heavy atom. The minimum atomic E-state index is 0.0714. The van der Waals surface area contributed by atoms with Gasteiger partial charge >= 0.3 is 0 Å². The van der Waals surface area contributed by atoms with Gasteiger partial charge in [-0.2, -0.15) is 0 Å². The predicted molar refractivity (Wildman–Crippen MR) is 109 cm³/mol. The van der Waals surface area contributed by atoms with Gasteiger partial charge in [-0.1, -0.05) is 25.2 Å². The van der Waals surface area contributed by atoms with Crippen LogP contribution in [0.2, 0.25) is 0 Å². The molecule has 6 rings (SSSR count). The van der Waals surface area contributed by atoms with Crippen LogP contribution in [0.1, 0.15) is 64.7 Å². The second-order valence-corrected chi connectivity index (χ2v) is 10.4. The molecule has 2 aliphatic heterocycles. The van der Waals surface area contributed by atoms with Crippen molar-refractivity contribution in [1.29, 1.82) is 0 Å². The highest BCUT2D eigenvalue weighted by molar-refractivity contribution is 5.34. The van der Waals surface area contributed by atoms with Crippen molar-refractivity contribution in [2.45, 2.75) is 70.3 Å². The Hall–Kier alpha value is -1.02. The molecular formula is C25H35NO. The molecule has 146 valence electrons. The second kappa shape index (κ2) is 5.99. The number of rotatable bonds is 1. The van der Waals surface area contributed by atoms with E-state index in [0.717, 1.165) is 30.3 Å². The summed E-state index contributed by atoms with van der Waals surface area (Å²) in [6.45, 7) is 6.01. The van der Waals surface area contributed by atoms with Crippen LogP contribution in [0.4, 0.5) is 0 Å². The van der Waals surface area contributed by atoms with E-state index in [0.29, 0.717) is 5.41 Å². The van der Waals surface area contributed by atoms with E-state index in [1.165, 1.54) is 70.9 Å². The minimum Gasteiger partial charge on any atom is -0.375 e. The SMILES string of the molecule is C[C@]12CCC3C(CC=C4C=C(N5CCCC5)CC[C@@H]43)C1CC[C@@]21C=CCO1. The molecule has 0 amide bonds.